The van der Waals surface area contributed by atoms with Crippen LogP contribution in [0.5, 0.6) is 0 Å². The number of nitro groups is 1. The first-order valence-corrected chi connectivity index (χ1v) is 11.4. The van der Waals surface area contributed by atoms with Crippen LogP contribution in [0.15, 0.2) is 64.5 Å². The summed E-state index contributed by atoms with van der Waals surface area (Å²) in [5.74, 6) is 0.592. The van der Waals surface area contributed by atoms with Gasteiger partial charge in [0.1, 0.15) is 0 Å². The van der Waals surface area contributed by atoms with Gasteiger partial charge in [-0.1, -0.05) is 24.3 Å². The van der Waals surface area contributed by atoms with E-state index in [4.69, 9.17) is 0 Å². The van der Waals surface area contributed by atoms with Gasteiger partial charge in [0.25, 0.3) is 5.69 Å². The van der Waals surface area contributed by atoms with E-state index in [1.807, 2.05) is 18.2 Å². The Morgan fingerprint density at radius 3 is 2.68 bits per heavy atom. The quantitative estimate of drug-likeness (QED) is 0.183. The van der Waals surface area contributed by atoms with E-state index in [0.29, 0.717) is 12.5 Å². The summed E-state index contributed by atoms with van der Waals surface area (Å²) in [5.41, 5.74) is 0.914. The number of para-hydroxylation sites is 1. The lowest BCUT2D eigenvalue weighted by Crippen LogP contribution is -2.46. The molecule has 0 radical (unpaired) electrons. The average Bonchev–Trinajstić information content (AvgIpc) is 3.25. The second-order valence-corrected chi connectivity index (χ2v) is 8.83. The standard InChI is InChI=1S/C20H26N6O4S/c1-21-20(24-16-10-13-25(15-16)17-6-3-2-4-7-17)22-11-12-23-31(29,30)19-9-5-8-18(14-19)26(27)28/h2-9,14,16,23H,10-13,15H2,1H3,(H2,21,22,24). The molecule has 31 heavy (non-hydrogen) atoms. The number of sulfonamides is 1. The molecule has 0 amide bonds. The van der Waals surface area contributed by atoms with Gasteiger partial charge in [-0.15, -0.1) is 0 Å². The van der Waals surface area contributed by atoms with E-state index in [9.17, 15) is 18.5 Å². The minimum atomic E-state index is -3.84. The van der Waals surface area contributed by atoms with Crippen LogP contribution in [-0.2, 0) is 10.0 Å². The summed E-state index contributed by atoms with van der Waals surface area (Å²) in [6, 6.07) is 15.4. The summed E-state index contributed by atoms with van der Waals surface area (Å²) in [6.07, 6.45) is 0.967. The number of guanidine groups is 1. The minimum Gasteiger partial charge on any atom is -0.369 e. The summed E-state index contributed by atoms with van der Waals surface area (Å²) in [4.78, 5) is 16.6. The Bertz CT molecular complexity index is 1030. The molecular formula is C20H26N6O4S. The van der Waals surface area contributed by atoms with Crippen molar-refractivity contribution in [3.63, 3.8) is 0 Å². The lowest BCUT2D eigenvalue weighted by molar-refractivity contribution is -0.385. The Labute approximate surface area is 181 Å². The topological polar surface area (TPSA) is 129 Å². The summed E-state index contributed by atoms with van der Waals surface area (Å²) in [5, 5.41) is 17.3. The molecule has 0 aromatic heterocycles. The molecule has 3 N–H and O–H groups in total. The van der Waals surface area contributed by atoms with Crippen molar-refractivity contribution in [2.24, 2.45) is 4.99 Å². The summed E-state index contributed by atoms with van der Waals surface area (Å²) in [6.45, 7) is 2.21. The third-order valence-electron chi connectivity index (χ3n) is 4.92. The highest BCUT2D eigenvalue weighted by atomic mass is 32.2. The molecule has 1 aliphatic rings. The van der Waals surface area contributed by atoms with E-state index in [1.54, 1.807) is 7.05 Å². The van der Waals surface area contributed by atoms with Crippen molar-refractivity contribution in [1.29, 1.82) is 0 Å². The van der Waals surface area contributed by atoms with Crippen molar-refractivity contribution in [2.45, 2.75) is 17.4 Å². The Hall–Kier alpha value is -3.18. The van der Waals surface area contributed by atoms with Gasteiger partial charge in [0.15, 0.2) is 5.96 Å². The van der Waals surface area contributed by atoms with Gasteiger partial charge in [0.2, 0.25) is 10.0 Å². The molecular weight excluding hydrogens is 420 g/mol. The third kappa shape index (κ3) is 6.15. The maximum Gasteiger partial charge on any atom is 0.270 e. The van der Waals surface area contributed by atoms with Crippen LogP contribution < -0.4 is 20.3 Å². The predicted octanol–water partition coefficient (Wildman–Crippen LogP) is 1.32. The summed E-state index contributed by atoms with van der Waals surface area (Å²) in [7, 11) is -2.18. The SMILES string of the molecule is CN=C(NCCNS(=O)(=O)c1cccc([N+](=O)[O-])c1)NC1CCN(c2ccccc2)C1. The van der Waals surface area contributed by atoms with Gasteiger partial charge in [0, 0.05) is 57.1 Å². The lowest BCUT2D eigenvalue weighted by Gasteiger charge is -2.20. The molecule has 0 bridgehead atoms. The largest absolute Gasteiger partial charge is 0.369 e. The zero-order chi connectivity index (χ0) is 22.3. The molecule has 1 saturated heterocycles. The van der Waals surface area contributed by atoms with Gasteiger partial charge in [-0.05, 0) is 24.6 Å². The average molecular weight is 447 g/mol. The number of hydrogen-bond acceptors (Lipinski definition) is 6. The van der Waals surface area contributed by atoms with Crippen LogP contribution in [0.25, 0.3) is 0 Å². The molecule has 10 nitrogen and oxygen atoms in total. The first-order chi connectivity index (χ1) is 14.9. The minimum absolute atomic E-state index is 0.104. The van der Waals surface area contributed by atoms with Crippen molar-refractivity contribution in [3.8, 4) is 0 Å². The molecule has 1 atom stereocenters. The van der Waals surface area contributed by atoms with Gasteiger partial charge < -0.3 is 15.5 Å². The molecule has 166 valence electrons. The van der Waals surface area contributed by atoms with Crippen molar-refractivity contribution in [1.82, 2.24) is 15.4 Å². The smallest absolute Gasteiger partial charge is 0.270 e. The van der Waals surface area contributed by atoms with Gasteiger partial charge in [0.05, 0.1) is 9.82 Å². The summed E-state index contributed by atoms with van der Waals surface area (Å²) < 4.78 is 27.2. The number of nitrogens with zero attached hydrogens (tertiary/aromatic N) is 3. The van der Waals surface area contributed by atoms with Crippen LogP contribution in [0.1, 0.15) is 6.42 Å². The highest BCUT2D eigenvalue weighted by Crippen LogP contribution is 2.19. The zero-order valence-electron chi connectivity index (χ0n) is 17.2. The predicted molar refractivity (Wildman–Crippen MR) is 120 cm³/mol. The first-order valence-electron chi connectivity index (χ1n) is 9.90. The highest BCUT2D eigenvalue weighted by Gasteiger charge is 2.23. The van der Waals surface area contributed by atoms with E-state index in [-0.39, 0.29) is 23.2 Å². The van der Waals surface area contributed by atoms with Crippen LogP contribution in [-0.4, -0.2) is 58.6 Å². The van der Waals surface area contributed by atoms with Crippen LogP contribution in [0.3, 0.4) is 0 Å². The number of rotatable bonds is 8. The van der Waals surface area contributed by atoms with Crippen molar-refractivity contribution >= 4 is 27.4 Å². The number of anilines is 1. The molecule has 0 aliphatic carbocycles. The van der Waals surface area contributed by atoms with E-state index in [2.05, 4.69) is 37.4 Å². The second kappa shape index (κ2) is 10.2. The number of nitro benzene ring substituents is 1. The molecule has 1 heterocycles. The normalized spacial score (nSPS) is 16.9. The van der Waals surface area contributed by atoms with Crippen LogP contribution in [0, 0.1) is 10.1 Å². The molecule has 0 saturated carbocycles. The molecule has 11 heteroatoms. The Balaban J connectivity index is 1.45. The maximum atomic E-state index is 12.4. The third-order valence-corrected chi connectivity index (χ3v) is 6.38. The number of benzene rings is 2. The fourth-order valence-electron chi connectivity index (χ4n) is 3.35. The van der Waals surface area contributed by atoms with Gasteiger partial charge in [-0.25, -0.2) is 13.1 Å². The summed E-state index contributed by atoms with van der Waals surface area (Å²) >= 11 is 0. The number of non-ortho nitro benzene ring substituents is 1. The molecule has 1 unspecified atom stereocenters. The van der Waals surface area contributed by atoms with E-state index < -0.39 is 14.9 Å². The second-order valence-electron chi connectivity index (χ2n) is 7.06. The van der Waals surface area contributed by atoms with Gasteiger partial charge >= 0.3 is 0 Å². The van der Waals surface area contributed by atoms with Crippen molar-refractivity contribution in [3.05, 3.63) is 64.7 Å². The zero-order valence-corrected chi connectivity index (χ0v) is 18.0. The molecule has 1 fully saturated rings. The number of aliphatic imine (C=N–C) groups is 1. The molecule has 3 rings (SSSR count). The monoisotopic (exact) mass is 446 g/mol. The fourth-order valence-corrected chi connectivity index (χ4v) is 4.42. The number of hydrogen-bond donors (Lipinski definition) is 3. The lowest BCUT2D eigenvalue weighted by atomic mass is 10.3. The maximum absolute atomic E-state index is 12.4. The number of nitrogens with one attached hydrogen (secondary N) is 3. The van der Waals surface area contributed by atoms with Crippen LogP contribution in [0.4, 0.5) is 11.4 Å². The van der Waals surface area contributed by atoms with Gasteiger partial charge in [-0.3, -0.25) is 15.1 Å². The Morgan fingerprint density at radius 2 is 1.97 bits per heavy atom. The molecule has 2 aromatic rings. The van der Waals surface area contributed by atoms with Crippen molar-refractivity contribution < 1.29 is 13.3 Å². The highest BCUT2D eigenvalue weighted by molar-refractivity contribution is 7.89. The Kier molecular flexibility index (Phi) is 7.42. The van der Waals surface area contributed by atoms with E-state index >= 15 is 0 Å². The van der Waals surface area contributed by atoms with Gasteiger partial charge in [-0.2, -0.15) is 0 Å². The van der Waals surface area contributed by atoms with Crippen molar-refractivity contribution in [2.75, 3.05) is 38.1 Å². The van der Waals surface area contributed by atoms with Crippen LogP contribution in [0.2, 0.25) is 0 Å². The fraction of sp³-hybridized carbons (Fsp3) is 0.350. The first kappa shape index (κ1) is 22.5. The molecule has 0 spiro atoms. The Morgan fingerprint density at radius 1 is 1.19 bits per heavy atom. The molecule has 1 aliphatic heterocycles. The van der Waals surface area contributed by atoms with Crippen LogP contribution >= 0.6 is 0 Å². The van der Waals surface area contributed by atoms with E-state index in [1.165, 1.54) is 23.9 Å². The van der Waals surface area contributed by atoms with E-state index in [0.717, 1.165) is 25.6 Å². The molecule has 2 aromatic carbocycles.